The molecule has 0 spiro atoms. The summed E-state index contributed by atoms with van der Waals surface area (Å²) in [6.45, 7) is 5.80. The molecule has 1 aromatic carbocycles. The van der Waals surface area contributed by atoms with Crippen molar-refractivity contribution in [3.63, 3.8) is 0 Å². The van der Waals surface area contributed by atoms with Gasteiger partial charge in [0, 0.05) is 79.0 Å². The van der Waals surface area contributed by atoms with Crippen LogP contribution in [0, 0.1) is 0 Å². The van der Waals surface area contributed by atoms with E-state index in [0.29, 0.717) is 5.65 Å². The number of H-pyrrole nitrogens is 2. The number of nitrogens with two attached hydrogens (primary N) is 1. The van der Waals surface area contributed by atoms with Crippen molar-refractivity contribution in [2.24, 2.45) is 5.73 Å². The number of fused-ring (bicyclic) bond motifs is 2. The zero-order valence-electron chi connectivity index (χ0n) is 20.1. The monoisotopic (exact) mass is 480 g/mol. The minimum Gasteiger partial charge on any atom is -0.368 e. The van der Waals surface area contributed by atoms with Crippen molar-refractivity contribution in [2.45, 2.75) is 6.04 Å². The summed E-state index contributed by atoms with van der Waals surface area (Å²) in [4.78, 5) is 24.4. The Bertz CT molecular complexity index is 1560. The number of aromatic amines is 2. The smallest absolute Gasteiger partial charge is 0.181 e. The van der Waals surface area contributed by atoms with Crippen molar-refractivity contribution in [1.82, 2.24) is 35.0 Å². The van der Waals surface area contributed by atoms with Crippen LogP contribution in [0.5, 0.6) is 0 Å². The van der Waals surface area contributed by atoms with Gasteiger partial charge < -0.3 is 25.4 Å². The van der Waals surface area contributed by atoms with Gasteiger partial charge in [-0.25, -0.2) is 9.97 Å². The van der Waals surface area contributed by atoms with Gasteiger partial charge in [-0.3, -0.25) is 10.1 Å². The molecule has 0 atom stereocenters. The van der Waals surface area contributed by atoms with Crippen molar-refractivity contribution in [3.8, 4) is 22.6 Å². The lowest BCUT2D eigenvalue weighted by Gasteiger charge is -2.37. The molecule has 4 N–H and O–H groups in total. The number of hydrogen-bond donors (Lipinski definition) is 3. The first-order valence-electron chi connectivity index (χ1n) is 12.3. The van der Waals surface area contributed by atoms with Crippen molar-refractivity contribution in [2.75, 3.05) is 56.1 Å². The normalized spacial score (nSPS) is 17.3. The molecule has 6 heterocycles. The highest BCUT2D eigenvalue weighted by molar-refractivity contribution is 6.00. The lowest BCUT2D eigenvalue weighted by atomic mass is 10.1. The fourth-order valence-corrected chi connectivity index (χ4v) is 5.19. The Labute approximate surface area is 208 Å². The minimum atomic E-state index is 0.204. The van der Waals surface area contributed by atoms with E-state index in [9.17, 15) is 0 Å². The van der Waals surface area contributed by atoms with E-state index in [1.807, 2.05) is 0 Å². The first-order chi connectivity index (χ1) is 17.6. The molecule has 0 bridgehead atoms. The van der Waals surface area contributed by atoms with Gasteiger partial charge in [0.15, 0.2) is 5.65 Å². The third-order valence-electron chi connectivity index (χ3n) is 7.32. The van der Waals surface area contributed by atoms with Gasteiger partial charge in [0.2, 0.25) is 0 Å². The molecule has 10 nitrogen and oxygen atoms in total. The van der Waals surface area contributed by atoms with Gasteiger partial charge in [0.1, 0.15) is 5.82 Å². The molecular weight excluding hydrogens is 452 g/mol. The molecule has 2 fully saturated rings. The zero-order chi connectivity index (χ0) is 24.2. The molecule has 2 aliphatic rings. The highest BCUT2D eigenvalue weighted by Gasteiger charge is 2.25. The number of likely N-dealkylation sites (N-methyl/N-ethyl adjacent to an activating group) is 1. The van der Waals surface area contributed by atoms with Crippen molar-refractivity contribution in [3.05, 3.63) is 48.9 Å². The maximum absolute atomic E-state index is 5.94. The molecule has 4 aromatic heterocycles. The first-order valence-corrected chi connectivity index (χ1v) is 12.3. The Morgan fingerprint density at radius 1 is 0.972 bits per heavy atom. The molecule has 0 radical (unpaired) electrons. The largest absolute Gasteiger partial charge is 0.368 e. The van der Waals surface area contributed by atoms with E-state index in [0.717, 1.165) is 78.6 Å². The second-order valence-corrected chi connectivity index (χ2v) is 9.83. The summed E-state index contributed by atoms with van der Waals surface area (Å²) in [5.41, 5.74) is 12.6. The van der Waals surface area contributed by atoms with Gasteiger partial charge in [-0.05, 0) is 31.3 Å². The number of hydrogen-bond acceptors (Lipinski definition) is 8. The number of anilines is 2. The van der Waals surface area contributed by atoms with Crippen LogP contribution in [-0.2, 0) is 0 Å². The van der Waals surface area contributed by atoms with E-state index in [1.54, 1.807) is 18.6 Å². The molecule has 0 unspecified atom stereocenters. The molecule has 2 saturated heterocycles. The molecule has 7 rings (SSSR count). The summed E-state index contributed by atoms with van der Waals surface area (Å²) in [6.07, 6.45) is 5.36. The van der Waals surface area contributed by atoms with Crippen LogP contribution in [0.25, 0.3) is 44.6 Å². The third kappa shape index (κ3) is 3.57. The van der Waals surface area contributed by atoms with E-state index in [2.05, 4.69) is 77.2 Å². The minimum absolute atomic E-state index is 0.204. The molecule has 36 heavy (non-hydrogen) atoms. The average Bonchev–Trinajstić information content (AvgIpc) is 3.51. The topological polar surface area (TPSA) is 119 Å². The number of aromatic nitrogens is 6. The summed E-state index contributed by atoms with van der Waals surface area (Å²) in [6, 6.07) is 11.0. The lowest BCUT2D eigenvalue weighted by Crippen LogP contribution is -2.56. The quantitative estimate of drug-likeness (QED) is 0.359. The van der Waals surface area contributed by atoms with Gasteiger partial charge >= 0.3 is 0 Å². The van der Waals surface area contributed by atoms with Crippen LogP contribution in [-0.4, -0.2) is 87.4 Å². The molecule has 5 aromatic rings. The predicted octanol–water partition coefficient (Wildman–Crippen LogP) is 2.46. The van der Waals surface area contributed by atoms with Crippen LogP contribution in [0.15, 0.2) is 48.9 Å². The molecule has 10 heteroatoms. The Morgan fingerprint density at radius 2 is 1.83 bits per heavy atom. The molecule has 0 saturated carbocycles. The Kier molecular flexibility index (Phi) is 4.90. The SMILES string of the molecule is CN1CCN(c2cccc3[nH]c(-c4[nH]nc5ncc(-c6cncc(N7CC(N)C7)n6)cc45)cc23)CC1. The number of pyridine rings is 1. The van der Waals surface area contributed by atoms with Crippen LogP contribution in [0.4, 0.5) is 11.5 Å². The Morgan fingerprint density at radius 3 is 2.67 bits per heavy atom. The highest BCUT2D eigenvalue weighted by atomic mass is 15.3. The number of nitrogens with one attached hydrogen (secondary N) is 2. The molecular formula is C26H28N10. The number of rotatable bonds is 4. The maximum atomic E-state index is 5.94. The van der Waals surface area contributed by atoms with Gasteiger partial charge in [-0.2, -0.15) is 5.10 Å². The average molecular weight is 481 g/mol. The number of piperazine rings is 1. The summed E-state index contributed by atoms with van der Waals surface area (Å²) >= 11 is 0. The second-order valence-electron chi connectivity index (χ2n) is 9.83. The van der Waals surface area contributed by atoms with Crippen LogP contribution in [0.1, 0.15) is 0 Å². The Balaban J connectivity index is 1.26. The van der Waals surface area contributed by atoms with Crippen LogP contribution < -0.4 is 15.5 Å². The fourth-order valence-electron chi connectivity index (χ4n) is 5.19. The van der Waals surface area contributed by atoms with Crippen LogP contribution in [0.3, 0.4) is 0 Å². The zero-order valence-corrected chi connectivity index (χ0v) is 20.1. The summed E-state index contributed by atoms with van der Waals surface area (Å²) in [7, 11) is 2.18. The van der Waals surface area contributed by atoms with Crippen LogP contribution >= 0.6 is 0 Å². The summed E-state index contributed by atoms with van der Waals surface area (Å²) in [5.74, 6) is 0.841. The predicted molar refractivity (Wildman–Crippen MR) is 142 cm³/mol. The highest BCUT2D eigenvalue weighted by Crippen LogP contribution is 2.34. The first kappa shape index (κ1) is 21.3. The van der Waals surface area contributed by atoms with E-state index in [-0.39, 0.29) is 6.04 Å². The third-order valence-corrected chi connectivity index (χ3v) is 7.32. The van der Waals surface area contributed by atoms with Gasteiger partial charge in [-0.15, -0.1) is 0 Å². The van der Waals surface area contributed by atoms with Gasteiger partial charge in [0.25, 0.3) is 0 Å². The van der Waals surface area contributed by atoms with E-state index >= 15 is 0 Å². The standard InChI is InChI=1S/C26H28N10/c1-34-5-7-35(8-6-34)23-4-2-3-20-18(23)10-21(30-20)25-19-9-16(11-29-26(19)33-32-25)22-12-28-13-24(31-22)36-14-17(27)15-36/h2-4,9-13,17,30H,5-8,14-15,27H2,1H3,(H,29,32,33). The molecule has 182 valence electrons. The lowest BCUT2D eigenvalue weighted by molar-refractivity contribution is 0.313. The molecule has 2 aliphatic heterocycles. The summed E-state index contributed by atoms with van der Waals surface area (Å²) < 4.78 is 0. The summed E-state index contributed by atoms with van der Waals surface area (Å²) in [5, 5.41) is 9.83. The van der Waals surface area contributed by atoms with E-state index < -0.39 is 0 Å². The maximum Gasteiger partial charge on any atom is 0.181 e. The number of benzene rings is 1. The van der Waals surface area contributed by atoms with Gasteiger partial charge in [-0.1, -0.05) is 6.07 Å². The van der Waals surface area contributed by atoms with E-state index in [4.69, 9.17) is 10.7 Å². The molecule has 0 aliphatic carbocycles. The molecule has 0 amide bonds. The van der Waals surface area contributed by atoms with E-state index in [1.165, 1.54) is 11.1 Å². The van der Waals surface area contributed by atoms with Crippen molar-refractivity contribution in [1.29, 1.82) is 0 Å². The van der Waals surface area contributed by atoms with Crippen LogP contribution in [0.2, 0.25) is 0 Å². The van der Waals surface area contributed by atoms with Crippen molar-refractivity contribution < 1.29 is 0 Å². The number of nitrogens with zero attached hydrogens (tertiary/aromatic N) is 7. The Hall–Kier alpha value is -4.02. The fraction of sp³-hybridized carbons (Fsp3) is 0.308. The van der Waals surface area contributed by atoms with Crippen molar-refractivity contribution >= 4 is 33.4 Å². The second kappa shape index (κ2) is 8.28. The van der Waals surface area contributed by atoms with Gasteiger partial charge in [0.05, 0.1) is 29.5 Å².